The van der Waals surface area contributed by atoms with Crippen LogP contribution in [0.2, 0.25) is 0 Å². The van der Waals surface area contributed by atoms with Gasteiger partial charge in [0.2, 0.25) is 10.0 Å². The van der Waals surface area contributed by atoms with Gasteiger partial charge in [-0.2, -0.15) is 4.31 Å². The molecule has 1 N–H and O–H groups in total. The Morgan fingerprint density at radius 1 is 1.33 bits per heavy atom. The highest BCUT2D eigenvalue weighted by Crippen LogP contribution is 2.23. The molecule has 0 aliphatic carbocycles. The molecule has 1 aliphatic heterocycles. The second-order valence-electron chi connectivity index (χ2n) is 4.42. The van der Waals surface area contributed by atoms with Gasteiger partial charge in [0.1, 0.15) is 0 Å². The molecule has 0 spiro atoms. The number of rotatable bonds is 3. The molecule has 1 aromatic carbocycles. The van der Waals surface area contributed by atoms with Gasteiger partial charge in [-0.15, -0.1) is 0 Å². The number of benzene rings is 1. The van der Waals surface area contributed by atoms with Crippen LogP contribution < -0.4 is 5.32 Å². The minimum Gasteiger partial charge on any atom is -0.317 e. The van der Waals surface area contributed by atoms with Gasteiger partial charge in [0.15, 0.2) is 0 Å². The van der Waals surface area contributed by atoms with Crippen LogP contribution in [0.5, 0.6) is 0 Å². The molecule has 1 fully saturated rings. The van der Waals surface area contributed by atoms with Crippen molar-refractivity contribution in [2.24, 2.45) is 0 Å². The Hall–Kier alpha value is -0.430. The summed E-state index contributed by atoms with van der Waals surface area (Å²) in [5.41, 5.74) is 0. The molecule has 1 heterocycles. The summed E-state index contributed by atoms with van der Waals surface area (Å²) in [7, 11) is -1.42. The molecule has 1 saturated heterocycles. The first-order valence-corrected chi connectivity index (χ1v) is 8.20. The molecular weight excluding hydrogens is 316 g/mol. The van der Waals surface area contributed by atoms with Crippen LogP contribution in [0.25, 0.3) is 0 Å². The fourth-order valence-electron chi connectivity index (χ4n) is 2.16. The largest absolute Gasteiger partial charge is 0.317 e. The molecule has 0 radical (unpaired) electrons. The van der Waals surface area contributed by atoms with Gasteiger partial charge in [0.25, 0.3) is 0 Å². The van der Waals surface area contributed by atoms with Crippen molar-refractivity contribution in [3.05, 3.63) is 28.7 Å². The minimum atomic E-state index is -3.34. The van der Waals surface area contributed by atoms with Gasteiger partial charge in [-0.25, -0.2) is 8.42 Å². The van der Waals surface area contributed by atoms with Crippen molar-refractivity contribution in [1.82, 2.24) is 9.62 Å². The Balaban J connectivity index is 2.17. The number of nitrogens with zero attached hydrogens (tertiary/aromatic N) is 1. The first-order valence-electron chi connectivity index (χ1n) is 5.97. The van der Waals surface area contributed by atoms with Crippen molar-refractivity contribution in [3.63, 3.8) is 0 Å². The van der Waals surface area contributed by atoms with E-state index >= 15 is 0 Å². The molecule has 1 aromatic rings. The normalized spacial score (nSPS) is 19.0. The second kappa shape index (κ2) is 5.69. The van der Waals surface area contributed by atoms with Gasteiger partial charge in [0, 0.05) is 23.6 Å². The summed E-state index contributed by atoms with van der Waals surface area (Å²) in [5, 5.41) is 3.20. The smallest absolute Gasteiger partial charge is 0.243 e. The van der Waals surface area contributed by atoms with Gasteiger partial charge in [-0.05, 0) is 38.1 Å². The van der Waals surface area contributed by atoms with E-state index < -0.39 is 10.0 Å². The number of halogens is 1. The summed E-state index contributed by atoms with van der Waals surface area (Å²) in [6.07, 6.45) is 1.73. The minimum absolute atomic E-state index is 0.361. The predicted molar refractivity (Wildman–Crippen MR) is 75.0 cm³/mol. The fraction of sp³-hybridized carbons (Fsp3) is 0.500. The van der Waals surface area contributed by atoms with Crippen LogP contribution in [0.1, 0.15) is 12.8 Å². The average Bonchev–Trinajstić information content (AvgIpc) is 2.39. The molecule has 0 atom stereocenters. The van der Waals surface area contributed by atoms with Gasteiger partial charge in [-0.3, -0.25) is 0 Å². The Labute approximate surface area is 117 Å². The van der Waals surface area contributed by atoms with Crippen LogP contribution in [0.4, 0.5) is 0 Å². The van der Waals surface area contributed by atoms with Crippen molar-refractivity contribution >= 4 is 26.0 Å². The summed E-state index contributed by atoms with van der Waals surface area (Å²) < 4.78 is 27.2. The fourth-order valence-corrected chi connectivity index (χ4v) is 4.23. The zero-order valence-corrected chi connectivity index (χ0v) is 12.7. The molecule has 4 nitrogen and oxygen atoms in total. The van der Waals surface area contributed by atoms with Crippen molar-refractivity contribution in [1.29, 1.82) is 0 Å². The topological polar surface area (TPSA) is 49.4 Å². The standard InChI is InChI=1S/C12H17BrN2O2S/c1-14-11-5-7-15(8-6-11)18(16,17)12-4-2-3-10(13)9-12/h2-4,9,11,14H,5-8H2,1H3. The van der Waals surface area contributed by atoms with E-state index in [0.717, 1.165) is 17.3 Å². The summed E-state index contributed by atoms with van der Waals surface area (Å²) in [6, 6.07) is 7.30. The third-order valence-corrected chi connectivity index (χ3v) is 5.68. The molecule has 18 heavy (non-hydrogen) atoms. The maximum absolute atomic E-state index is 12.4. The number of hydrogen-bond acceptors (Lipinski definition) is 3. The van der Waals surface area contributed by atoms with E-state index in [4.69, 9.17) is 0 Å². The molecular formula is C12H17BrN2O2S. The highest BCUT2D eigenvalue weighted by atomic mass is 79.9. The zero-order chi connectivity index (χ0) is 13.2. The van der Waals surface area contributed by atoms with Crippen molar-refractivity contribution in [2.45, 2.75) is 23.8 Å². The summed E-state index contributed by atoms with van der Waals surface area (Å²) >= 11 is 3.31. The summed E-state index contributed by atoms with van der Waals surface area (Å²) in [6.45, 7) is 1.17. The highest BCUT2D eigenvalue weighted by molar-refractivity contribution is 9.10. The number of sulfonamides is 1. The van der Waals surface area contributed by atoms with Gasteiger partial charge in [0.05, 0.1) is 4.90 Å². The Kier molecular flexibility index (Phi) is 4.42. The van der Waals surface area contributed by atoms with E-state index in [-0.39, 0.29) is 0 Å². The quantitative estimate of drug-likeness (QED) is 0.918. The lowest BCUT2D eigenvalue weighted by Crippen LogP contribution is -2.43. The van der Waals surface area contributed by atoms with Crippen LogP contribution in [0.15, 0.2) is 33.6 Å². The van der Waals surface area contributed by atoms with Crippen LogP contribution in [0.3, 0.4) is 0 Å². The highest BCUT2D eigenvalue weighted by Gasteiger charge is 2.28. The van der Waals surface area contributed by atoms with Crippen molar-refractivity contribution in [2.75, 3.05) is 20.1 Å². The molecule has 100 valence electrons. The van der Waals surface area contributed by atoms with Crippen LogP contribution in [0, 0.1) is 0 Å². The van der Waals surface area contributed by atoms with E-state index in [2.05, 4.69) is 21.2 Å². The summed E-state index contributed by atoms with van der Waals surface area (Å²) in [4.78, 5) is 0.361. The zero-order valence-electron chi connectivity index (χ0n) is 10.3. The van der Waals surface area contributed by atoms with Gasteiger partial charge >= 0.3 is 0 Å². The SMILES string of the molecule is CNC1CCN(S(=O)(=O)c2cccc(Br)c2)CC1. The molecule has 0 amide bonds. The Bertz CT molecular complexity index is 511. The Morgan fingerprint density at radius 3 is 2.56 bits per heavy atom. The molecule has 6 heteroatoms. The van der Waals surface area contributed by atoms with Crippen molar-refractivity contribution < 1.29 is 8.42 Å². The molecule has 0 saturated carbocycles. The number of hydrogen-bond donors (Lipinski definition) is 1. The first-order chi connectivity index (χ1) is 8.54. The monoisotopic (exact) mass is 332 g/mol. The third-order valence-electron chi connectivity index (χ3n) is 3.30. The maximum Gasteiger partial charge on any atom is 0.243 e. The number of piperidine rings is 1. The molecule has 0 unspecified atom stereocenters. The van der Waals surface area contributed by atoms with Crippen LogP contribution >= 0.6 is 15.9 Å². The first kappa shape index (κ1) is 14.0. The maximum atomic E-state index is 12.4. The van der Waals surface area contributed by atoms with Crippen LogP contribution in [-0.4, -0.2) is 38.9 Å². The van der Waals surface area contributed by atoms with E-state index in [9.17, 15) is 8.42 Å². The van der Waals surface area contributed by atoms with E-state index in [0.29, 0.717) is 24.0 Å². The van der Waals surface area contributed by atoms with E-state index in [1.54, 1.807) is 22.5 Å². The second-order valence-corrected chi connectivity index (χ2v) is 7.28. The average molecular weight is 333 g/mol. The molecule has 2 rings (SSSR count). The summed E-state index contributed by atoms with van der Waals surface area (Å²) in [5.74, 6) is 0. The third kappa shape index (κ3) is 2.93. The van der Waals surface area contributed by atoms with E-state index in [1.807, 2.05) is 13.1 Å². The Morgan fingerprint density at radius 2 is 2.00 bits per heavy atom. The number of nitrogens with one attached hydrogen (secondary N) is 1. The van der Waals surface area contributed by atoms with Crippen molar-refractivity contribution in [3.8, 4) is 0 Å². The lowest BCUT2D eigenvalue weighted by atomic mass is 10.1. The molecule has 0 bridgehead atoms. The van der Waals surface area contributed by atoms with Gasteiger partial charge in [-0.1, -0.05) is 22.0 Å². The van der Waals surface area contributed by atoms with E-state index in [1.165, 1.54) is 0 Å². The van der Waals surface area contributed by atoms with Crippen LogP contribution in [-0.2, 0) is 10.0 Å². The van der Waals surface area contributed by atoms with Gasteiger partial charge < -0.3 is 5.32 Å². The molecule has 0 aromatic heterocycles. The lowest BCUT2D eigenvalue weighted by molar-refractivity contribution is 0.298. The molecule has 1 aliphatic rings. The predicted octanol–water partition coefficient (Wildman–Crippen LogP) is 1.82. The lowest BCUT2D eigenvalue weighted by Gasteiger charge is -2.31.